The third kappa shape index (κ3) is 3.38. The van der Waals surface area contributed by atoms with E-state index in [0.717, 1.165) is 22.7 Å². The maximum absolute atomic E-state index is 12.2. The summed E-state index contributed by atoms with van der Waals surface area (Å²) in [5, 5.41) is 20.1. The summed E-state index contributed by atoms with van der Waals surface area (Å²) in [6.07, 6.45) is 2.58. The summed E-state index contributed by atoms with van der Waals surface area (Å²) in [6.45, 7) is 6.18. The Morgan fingerprint density at radius 3 is 2.79 bits per heavy atom. The Balaban J connectivity index is 1.48. The fourth-order valence-electron chi connectivity index (χ4n) is 3.19. The molecule has 4 heterocycles. The topological polar surface area (TPSA) is 103 Å². The van der Waals surface area contributed by atoms with Gasteiger partial charge in [0.1, 0.15) is 5.76 Å². The second-order valence-electron chi connectivity index (χ2n) is 6.63. The van der Waals surface area contributed by atoms with Crippen LogP contribution in [0.4, 0.5) is 0 Å². The van der Waals surface area contributed by atoms with E-state index in [4.69, 9.17) is 4.42 Å². The highest BCUT2D eigenvalue weighted by Gasteiger charge is 2.16. The molecule has 0 atom stereocenters. The summed E-state index contributed by atoms with van der Waals surface area (Å²) >= 11 is 0. The molecule has 9 nitrogen and oxygen atoms in total. The fourth-order valence-corrected chi connectivity index (χ4v) is 3.19. The van der Waals surface area contributed by atoms with Crippen LogP contribution in [0, 0.1) is 20.8 Å². The Kier molecular flexibility index (Phi) is 4.64. The Hall–Kier alpha value is -3.49. The normalized spacial score (nSPS) is 11.2. The van der Waals surface area contributed by atoms with Gasteiger partial charge in [0.25, 0.3) is 0 Å². The average molecular weight is 379 g/mol. The van der Waals surface area contributed by atoms with Crippen molar-refractivity contribution in [2.75, 3.05) is 0 Å². The number of nitrogens with zero attached hydrogens (tertiary/aromatic N) is 6. The van der Waals surface area contributed by atoms with E-state index in [1.807, 2.05) is 39.0 Å². The number of hydrogen-bond donors (Lipinski definition) is 1. The molecule has 0 fully saturated rings. The molecule has 28 heavy (non-hydrogen) atoms. The molecule has 0 saturated carbocycles. The minimum Gasteiger partial charge on any atom is -0.467 e. The number of aryl methyl sites for hydroxylation is 2. The lowest BCUT2D eigenvalue weighted by Gasteiger charge is -2.06. The van der Waals surface area contributed by atoms with Gasteiger partial charge in [0, 0.05) is 12.1 Å². The molecule has 1 N–H and O–H groups in total. The van der Waals surface area contributed by atoms with Gasteiger partial charge in [-0.15, -0.1) is 15.3 Å². The molecule has 9 heteroatoms. The molecule has 0 bridgehead atoms. The summed E-state index contributed by atoms with van der Waals surface area (Å²) in [5.74, 6) is 2.11. The predicted octanol–water partition coefficient (Wildman–Crippen LogP) is 2.08. The quantitative estimate of drug-likeness (QED) is 0.550. The molecule has 144 valence electrons. The van der Waals surface area contributed by atoms with Crippen molar-refractivity contribution in [2.24, 2.45) is 0 Å². The standard InChI is InChI=1S/C19H21N7O2/c1-12-16(6-9-19(27)20-11-15-5-4-10-28-15)13(2)25(23-12)18-8-7-17-22-21-14(3)26(17)24-18/h4-5,7-8,10H,6,9,11H2,1-3H3,(H,20,27). The third-order valence-electron chi connectivity index (χ3n) is 4.70. The van der Waals surface area contributed by atoms with Crippen molar-refractivity contribution >= 4 is 11.6 Å². The van der Waals surface area contributed by atoms with Crippen molar-refractivity contribution in [3.63, 3.8) is 0 Å². The van der Waals surface area contributed by atoms with Crippen LogP contribution in [0.25, 0.3) is 11.5 Å². The van der Waals surface area contributed by atoms with Gasteiger partial charge in [-0.05, 0) is 57.0 Å². The van der Waals surface area contributed by atoms with Gasteiger partial charge < -0.3 is 9.73 Å². The van der Waals surface area contributed by atoms with E-state index < -0.39 is 0 Å². The number of fused-ring (bicyclic) bond motifs is 1. The van der Waals surface area contributed by atoms with Gasteiger partial charge in [0.2, 0.25) is 5.91 Å². The van der Waals surface area contributed by atoms with Crippen LogP contribution < -0.4 is 5.32 Å². The lowest BCUT2D eigenvalue weighted by Crippen LogP contribution is -2.22. The minimum atomic E-state index is -0.0254. The summed E-state index contributed by atoms with van der Waals surface area (Å²) < 4.78 is 8.71. The molecule has 1 amide bonds. The van der Waals surface area contributed by atoms with Gasteiger partial charge in [-0.2, -0.15) is 9.61 Å². The van der Waals surface area contributed by atoms with Crippen LogP contribution in [-0.2, 0) is 17.8 Å². The number of nitrogens with one attached hydrogen (secondary N) is 1. The van der Waals surface area contributed by atoms with Crippen LogP contribution >= 0.6 is 0 Å². The third-order valence-corrected chi connectivity index (χ3v) is 4.70. The second kappa shape index (κ2) is 7.26. The van der Waals surface area contributed by atoms with E-state index in [1.54, 1.807) is 21.5 Å². The highest BCUT2D eigenvalue weighted by molar-refractivity contribution is 5.76. The van der Waals surface area contributed by atoms with Crippen molar-refractivity contribution in [1.82, 2.24) is 34.9 Å². The number of furan rings is 1. The molecule has 4 rings (SSSR count). The number of amides is 1. The maximum atomic E-state index is 12.2. The van der Waals surface area contributed by atoms with Gasteiger partial charge in [0.05, 0.1) is 18.5 Å². The first-order chi connectivity index (χ1) is 13.5. The molecule has 4 aromatic heterocycles. The number of carbonyl (C=O) groups is 1. The molecule has 0 aliphatic heterocycles. The largest absolute Gasteiger partial charge is 0.467 e. The first kappa shape index (κ1) is 17.9. The zero-order chi connectivity index (χ0) is 19.7. The Bertz CT molecular complexity index is 1130. The Labute approximate surface area is 161 Å². The zero-order valence-electron chi connectivity index (χ0n) is 16.0. The van der Waals surface area contributed by atoms with Gasteiger partial charge in [-0.25, -0.2) is 4.68 Å². The number of carbonyl (C=O) groups excluding carboxylic acids is 1. The number of hydrogen-bond acceptors (Lipinski definition) is 6. The number of rotatable bonds is 6. The monoisotopic (exact) mass is 379 g/mol. The van der Waals surface area contributed by atoms with Gasteiger partial charge in [0.15, 0.2) is 17.3 Å². The smallest absolute Gasteiger partial charge is 0.220 e. The van der Waals surface area contributed by atoms with Crippen molar-refractivity contribution < 1.29 is 9.21 Å². The van der Waals surface area contributed by atoms with Crippen molar-refractivity contribution in [2.45, 2.75) is 40.2 Å². The summed E-state index contributed by atoms with van der Waals surface area (Å²) in [7, 11) is 0. The lowest BCUT2D eigenvalue weighted by atomic mass is 10.1. The molecule has 4 aromatic rings. The molecule has 0 unspecified atom stereocenters. The van der Waals surface area contributed by atoms with Crippen LogP contribution in [0.2, 0.25) is 0 Å². The van der Waals surface area contributed by atoms with Crippen LogP contribution in [-0.4, -0.2) is 35.5 Å². The average Bonchev–Trinajstić information content (AvgIpc) is 3.40. The van der Waals surface area contributed by atoms with Crippen molar-refractivity contribution in [3.8, 4) is 5.82 Å². The number of aromatic nitrogens is 6. The molecule has 0 aliphatic rings. The minimum absolute atomic E-state index is 0.0254. The van der Waals surface area contributed by atoms with Crippen molar-refractivity contribution in [1.29, 1.82) is 0 Å². The molecule has 0 aliphatic carbocycles. The molecular weight excluding hydrogens is 358 g/mol. The molecular formula is C19H21N7O2. The van der Waals surface area contributed by atoms with Gasteiger partial charge in [-0.1, -0.05) is 0 Å². The van der Waals surface area contributed by atoms with Crippen LogP contribution in [0.15, 0.2) is 34.9 Å². The van der Waals surface area contributed by atoms with E-state index in [9.17, 15) is 4.79 Å². The highest BCUT2D eigenvalue weighted by atomic mass is 16.3. The SMILES string of the molecule is Cc1nn(-c2ccc3nnc(C)n3n2)c(C)c1CCC(=O)NCc1ccco1. The molecule has 0 saturated heterocycles. The van der Waals surface area contributed by atoms with Crippen LogP contribution in [0.3, 0.4) is 0 Å². The summed E-state index contributed by atoms with van der Waals surface area (Å²) in [6, 6.07) is 7.36. The molecule has 0 spiro atoms. The van der Waals surface area contributed by atoms with E-state index in [2.05, 4.69) is 25.7 Å². The first-order valence-electron chi connectivity index (χ1n) is 9.06. The fraction of sp³-hybridized carbons (Fsp3) is 0.316. The van der Waals surface area contributed by atoms with Gasteiger partial charge in [-0.3, -0.25) is 4.79 Å². The summed E-state index contributed by atoms with van der Waals surface area (Å²) in [5.41, 5.74) is 3.60. The zero-order valence-corrected chi connectivity index (χ0v) is 16.0. The van der Waals surface area contributed by atoms with Crippen LogP contribution in [0.1, 0.15) is 35.0 Å². The van der Waals surface area contributed by atoms with E-state index in [1.165, 1.54) is 0 Å². The Morgan fingerprint density at radius 2 is 2.00 bits per heavy atom. The highest BCUT2D eigenvalue weighted by Crippen LogP contribution is 2.19. The van der Waals surface area contributed by atoms with Gasteiger partial charge >= 0.3 is 0 Å². The predicted molar refractivity (Wildman–Crippen MR) is 101 cm³/mol. The Morgan fingerprint density at radius 1 is 1.14 bits per heavy atom. The maximum Gasteiger partial charge on any atom is 0.220 e. The van der Waals surface area contributed by atoms with E-state index in [-0.39, 0.29) is 5.91 Å². The molecule has 0 radical (unpaired) electrons. The lowest BCUT2D eigenvalue weighted by molar-refractivity contribution is -0.121. The van der Waals surface area contributed by atoms with E-state index in [0.29, 0.717) is 36.7 Å². The van der Waals surface area contributed by atoms with Crippen molar-refractivity contribution in [3.05, 3.63) is 59.1 Å². The van der Waals surface area contributed by atoms with E-state index >= 15 is 0 Å². The first-order valence-corrected chi connectivity index (χ1v) is 9.06. The summed E-state index contributed by atoms with van der Waals surface area (Å²) in [4.78, 5) is 12.2. The molecule has 0 aromatic carbocycles. The second-order valence-corrected chi connectivity index (χ2v) is 6.63. The van der Waals surface area contributed by atoms with Crippen LogP contribution in [0.5, 0.6) is 0 Å².